The van der Waals surface area contributed by atoms with Gasteiger partial charge < -0.3 is 9.47 Å². The molecule has 3 aromatic rings. The first kappa shape index (κ1) is 21.5. The summed E-state index contributed by atoms with van der Waals surface area (Å²) in [5.74, 6) is -0.0145. The van der Waals surface area contributed by atoms with Gasteiger partial charge in [-0.05, 0) is 18.1 Å². The largest absolute Gasteiger partial charge is 0.481 e. The highest BCUT2D eigenvalue weighted by atomic mass is 35.5. The number of fused-ring (bicyclic) bond motifs is 1. The van der Waals surface area contributed by atoms with Gasteiger partial charge in [0.05, 0.1) is 26.5 Å². The van der Waals surface area contributed by atoms with E-state index in [1.165, 1.54) is 26.5 Å². The van der Waals surface area contributed by atoms with Crippen LogP contribution in [0.5, 0.6) is 11.8 Å². The minimum atomic E-state index is -4.42. The molecule has 0 saturated heterocycles. The molecule has 160 valence electrons. The third-order valence-electron chi connectivity index (χ3n) is 3.80. The van der Waals surface area contributed by atoms with Crippen molar-refractivity contribution >= 4 is 39.3 Å². The standard InChI is InChI=1S/C16H18ClN7O5S/c1-4-5-9-6-10-19-13(17)14(24(10)18-8-9)30(26,27)23-16(25)22-15-20-11(28-2)7-12(21-15)29-3/h6-8H,4-5H2,1-3H3,(H2,20,21,22,23,25). The number of ether oxygens (including phenoxy) is 2. The molecular weight excluding hydrogens is 438 g/mol. The van der Waals surface area contributed by atoms with E-state index in [-0.39, 0.29) is 28.5 Å². The second kappa shape index (κ2) is 8.67. The molecule has 3 heterocycles. The van der Waals surface area contributed by atoms with Crippen LogP contribution < -0.4 is 19.5 Å². The fraction of sp³-hybridized carbons (Fsp3) is 0.312. The number of urea groups is 1. The van der Waals surface area contributed by atoms with Gasteiger partial charge in [-0.1, -0.05) is 24.9 Å². The van der Waals surface area contributed by atoms with Gasteiger partial charge in [0.2, 0.25) is 22.7 Å². The van der Waals surface area contributed by atoms with Crippen molar-refractivity contribution < 1.29 is 22.7 Å². The van der Waals surface area contributed by atoms with Crippen LogP contribution in [0.2, 0.25) is 5.15 Å². The SMILES string of the molecule is CCCc1cnn2c(S(=O)(=O)NC(=O)Nc3nc(OC)cc(OC)n3)c(Cl)nc2c1. The van der Waals surface area contributed by atoms with E-state index in [1.807, 2.05) is 11.6 Å². The van der Waals surface area contributed by atoms with Crippen molar-refractivity contribution in [2.75, 3.05) is 19.5 Å². The van der Waals surface area contributed by atoms with Crippen LogP contribution in [0.1, 0.15) is 18.9 Å². The molecule has 0 unspecified atom stereocenters. The molecule has 0 bridgehead atoms. The number of halogens is 1. The molecule has 12 nitrogen and oxygen atoms in total. The molecular formula is C16H18ClN7O5S. The number of nitrogens with one attached hydrogen (secondary N) is 2. The van der Waals surface area contributed by atoms with Gasteiger partial charge in [-0.3, -0.25) is 5.32 Å². The Morgan fingerprint density at radius 2 is 1.83 bits per heavy atom. The third-order valence-corrected chi connectivity index (χ3v) is 5.50. The van der Waals surface area contributed by atoms with E-state index < -0.39 is 21.1 Å². The lowest BCUT2D eigenvalue weighted by molar-refractivity contribution is 0.256. The highest BCUT2D eigenvalue weighted by Gasteiger charge is 2.28. The minimum absolute atomic E-state index is 0.108. The zero-order valence-electron chi connectivity index (χ0n) is 16.2. The van der Waals surface area contributed by atoms with Gasteiger partial charge in [0, 0.05) is 0 Å². The molecule has 3 rings (SSSR count). The van der Waals surface area contributed by atoms with E-state index in [4.69, 9.17) is 21.1 Å². The van der Waals surface area contributed by atoms with Crippen LogP contribution in [0.25, 0.3) is 5.65 Å². The van der Waals surface area contributed by atoms with Crippen LogP contribution in [0, 0.1) is 0 Å². The fourth-order valence-corrected chi connectivity index (χ4v) is 4.04. The maximum absolute atomic E-state index is 12.7. The predicted octanol–water partition coefficient (Wildman–Crippen LogP) is 1.65. The van der Waals surface area contributed by atoms with Crippen molar-refractivity contribution in [3.8, 4) is 11.8 Å². The van der Waals surface area contributed by atoms with Crippen LogP contribution in [0.15, 0.2) is 23.4 Å². The first-order valence-electron chi connectivity index (χ1n) is 8.61. The molecule has 30 heavy (non-hydrogen) atoms. The van der Waals surface area contributed by atoms with Crippen LogP contribution >= 0.6 is 11.6 Å². The number of nitrogens with zero attached hydrogens (tertiary/aromatic N) is 5. The van der Waals surface area contributed by atoms with Crippen molar-refractivity contribution in [2.45, 2.75) is 24.8 Å². The number of anilines is 1. The van der Waals surface area contributed by atoms with E-state index in [0.717, 1.165) is 22.9 Å². The lowest BCUT2D eigenvalue weighted by Crippen LogP contribution is -2.35. The Kier molecular flexibility index (Phi) is 6.22. The first-order valence-corrected chi connectivity index (χ1v) is 10.5. The second-order valence-corrected chi connectivity index (χ2v) is 7.88. The number of aromatic nitrogens is 5. The number of methoxy groups -OCH3 is 2. The van der Waals surface area contributed by atoms with E-state index in [1.54, 1.807) is 6.07 Å². The molecule has 0 aromatic carbocycles. The zero-order valence-corrected chi connectivity index (χ0v) is 17.8. The third kappa shape index (κ3) is 4.52. The second-order valence-electron chi connectivity index (χ2n) is 5.93. The summed E-state index contributed by atoms with van der Waals surface area (Å²) < 4.78 is 38.3. The first-order chi connectivity index (χ1) is 14.3. The number of rotatable bonds is 7. The van der Waals surface area contributed by atoms with Crippen LogP contribution in [-0.4, -0.2) is 53.2 Å². The van der Waals surface area contributed by atoms with Gasteiger partial charge in [-0.25, -0.2) is 14.5 Å². The summed E-state index contributed by atoms with van der Waals surface area (Å²) >= 11 is 6.02. The number of carbonyl (C=O) groups excluding carboxylic acids is 1. The molecule has 0 aliphatic heterocycles. The lowest BCUT2D eigenvalue weighted by Gasteiger charge is -2.09. The van der Waals surface area contributed by atoms with Gasteiger partial charge in [-0.15, -0.1) is 0 Å². The Hall–Kier alpha value is -3.19. The van der Waals surface area contributed by atoms with Crippen molar-refractivity contribution in [3.05, 3.63) is 29.0 Å². The Morgan fingerprint density at radius 3 is 2.43 bits per heavy atom. The molecule has 0 saturated carbocycles. The molecule has 0 radical (unpaired) electrons. The molecule has 0 spiro atoms. The Labute approximate surface area is 176 Å². The van der Waals surface area contributed by atoms with Crippen LogP contribution in [-0.2, 0) is 16.4 Å². The van der Waals surface area contributed by atoms with Gasteiger partial charge in [0.25, 0.3) is 10.0 Å². The van der Waals surface area contributed by atoms with E-state index in [2.05, 4.69) is 25.4 Å². The smallest absolute Gasteiger partial charge is 0.335 e. The molecule has 14 heteroatoms. The topological polar surface area (TPSA) is 150 Å². The lowest BCUT2D eigenvalue weighted by atomic mass is 10.2. The van der Waals surface area contributed by atoms with Crippen LogP contribution in [0.3, 0.4) is 0 Å². The Morgan fingerprint density at radius 1 is 1.17 bits per heavy atom. The summed E-state index contributed by atoms with van der Waals surface area (Å²) in [6.45, 7) is 2.00. The van der Waals surface area contributed by atoms with Gasteiger partial charge in [-0.2, -0.15) is 28.0 Å². The maximum atomic E-state index is 12.7. The molecule has 0 atom stereocenters. The summed E-state index contributed by atoms with van der Waals surface area (Å²) in [6, 6.07) is 1.94. The van der Waals surface area contributed by atoms with E-state index in [0.29, 0.717) is 0 Å². The molecule has 2 amide bonds. The van der Waals surface area contributed by atoms with Gasteiger partial charge >= 0.3 is 6.03 Å². The maximum Gasteiger partial charge on any atom is 0.335 e. The van der Waals surface area contributed by atoms with Crippen molar-refractivity contribution in [1.29, 1.82) is 0 Å². The molecule has 0 aliphatic carbocycles. The Balaban J connectivity index is 1.86. The highest BCUT2D eigenvalue weighted by molar-refractivity contribution is 7.90. The molecule has 0 fully saturated rings. The number of aryl methyl sites for hydroxylation is 1. The number of carbonyl (C=O) groups is 1. The van der Waals surface area contributed by atoms with Gasteiger partial charge in [0.1, 0.15) is 0 Å². The van der Waals surface area contributed by atoms with Crippen molar-refractivity contribution in [1.82, 2.24) is 29.3 Å². The summed E-state index contributed by atoms with van der Waals surface area (Å²) in [4.78, 5) is 24.1. The number of hydrogen-bond donors (Lipinski definition) is 2. The van der Waals surface area contributed by atoms with Crippen molar-refractivity contribution in [2.24, 2.45) is 0 Å². The van der Waals surface area contributed by atoms with Crippen LogP contribution in [0.4, 0.5) is 10.7 Å². The highest BCUT2D eigenvalue weighted by Crippen LogP contribution is 2.23. The summed E-state index contributed by atoms with van der Waals surface area (Å²) in [5.41, 5.74) is 1.12. The Bertz CT molecular complexity index is 1180. The summed E-state index contributed by atoms with van der Waals surface area (Å²) in [6.07, 6.45) is 3.15. The van der Waals surface area contributed by atoms with Crippen molar-refractivity contribution in [3.63, 3.8) is 0 Å². The van der Waals surface area contributed by atoms with E-state index in [9.17, 15) is 13.2 Å². The van der Waals surface area contributed by atoms with E-state index >= 15 is 0 Å². The monoisotopic (exact) mass is 455 g/mol. The average Bonchev–Trinajstić information content (AvgIpc) is 3.03. The van der Waals surface area contributed by atoms with Gasteiger partial charge in [0.15, 0.2) is 10.8 Å². The number of amides is 2. The zero-order chi connectivity index (χ0) is 21.9. The fourth-order valence-electron chi connectivity index (χ4n) is 2.54. The number of sulfonamides is 1. The normalized spacial score (nSPS) is 11.3. The predicted molar refractivity (Wildman–Crippen MR) is 106 cm³/mol. The quantitative estimate of drug-likeness (QED) is 0.541. The number of hydrogen-bond acceptors (Lipinski definition) is 9. The average molecular weight is 456 g/mol. The molecule has 3 aromatic heterocycles. The molecule has 2 N–H and O–H groups in total. The number of imidazole rings is 1. The minimum Gasteiger partial charge on any atom is -0.481 e. The molecule has 0 aliphatic rings. The summed E-state index contributed by atoms with van der Waals surface area (Å²) in [5, 5.41) is 5.49. The summed E-state index contributed by atoms with van der Waals surface area (Å²) in [7, 11) is -1.70.